The van der Waals surface area contributed by atoms with Gasteiger partial charge >= 0.3 is 13.3 Å². The fourth-order valence-corrected chi connectivity index (χ4v) is 2.68. The lowest BCUT2D eigenvalue weighted by Gasteiger charge is -2.32. The van der Waals surface area contributed by atoms with E-state index in [9.17, 15) is 13.2 Å². The Morgan fingerprint density at radius 3 is 2.22 bits per heavy atom. The number of benzene rings is 1. The summed E-state index contributed by atoms with van der Waals surface area (Å²) in [5, 5.41) is 0.737. The molecule has 3 rings (SSSR count). The molecule has 3 nitrogen and oxygen atoms in total. The average Bonchev–Trinajstić information content (AvgIpc) is 2.86. The molecule has 23 heavy (non-hydrogen) atoms. The summed E-state index contributed by atoms with van der Waals surface area (Å²) in [6, 6.07) is 6.94. The molecular weight excluding hydrogens is 306 g/mol. The van der Waals surface area contributed by atoms with E-state index >= 15 is 0 Å². The summed E-state index contributed by atoms with van der Waals surface area (Å²) in [5.41, 5.74) is 0.451. The highest BCUT2D eigenvalue weighted by atomic mass is 19.4. The summed E-state index contributed by atoms with van der Waals surface area (Å²) in [5.74, 6) is 0. The third-order valence-corrected chi connectivity index (χ3v) is 4.67. The molecule has 1 saturated heterocycles. The lowest BCUT2D eigenvalue weighted by Crippen LogP contribution is -2.41. The molecule has 1 aliphatic heterocycles. The third kappa shape index (κ3) is 2.99. The number of hydrogen-bond acceptors (Lipinski definition) is 2. The largest absolute Gasteiger partial charge is 0.494 e. The molecule has 0 amide bonds. The van der Waals surface area contributed by atoms with E-state index in [1.54, 1.807) is 18.2 Å². The van der Waals surface area contributed by atoms with Crippen LogP contribution < -0.4 is 5.46 Å². The third-order valence-electron chi connectivity index (χ3n) is 4.67. The highest BCUT2D eigenvalue weighted by Gasteiger charge is 2.51. The molecule has 0 spiro atoms. The van der Waals surface area contributed by atoms with Gasteiger partial charge in [0.2, 0.25) is 0 Å². The lowest BCUT2D eigenvalue weighted by atomic mass is 9.79. The first-order valence-electron chi connectivity index (χ1n) is 7.50. The van der Waals surface area contributed by atoms with Crippen LogP contribution in [0.15, 0.2) is 30.5 Å². The van der Waals surface area contributed by atoms with E-state index in [0.717, 1.165) is 10.8 Å². The SMILES string of the molecule is CC1(C)OB(c2ccc3c(ccn3CC(F)(F)F)c2)OC1(C)C. The van der Waals surface area contributed by atoms with Crippen LogP contribution in [0.25, 0.3) is 10.9 Å². The maximum atomic E-state index is 12.6. The average molecular weight is 325 g/mol. The second-order valence-electron chi connectivity index (χ2n) is 6.97. The number of fused-ring (bicyclic) bond motifs is 1. The van der Waals surface area contributed by atoms with Crippen molar-refractivity contribution in [2.45, 2.75) is 51.6 Å². The van der Waals surface area contributed by atoms with E-state index < -0.39 is 31.0 Å². The molecule has 1 aliphatic rings. The minimum Gasteiger partial charge on any atom is -0.399 e. The van der Waals surface area contributed by atoms with Crippen molar-refractivity contribution < 1.29 is 22.5 Å². The molecule has 0 radical (unpaired) electrons. The molecule has 0 saturated carbocycles. The Morgan fingerprint density at radius 1 is 1.04 bits per heavy atom. The monoisotopic (exact) mass is 325 g/mol. The summed E-state index contributed by atoms with van der Waals surface area (Å²) in [7, 11) is -0.518. The maximum absolute atomic E-state index is 12.6. The normalized spacial score (nSPS) is 20.4. The highest BCUT2D eigenvalue weighted by Crippen LogP contribution is 2.36. The lowest BCUT2D eigenvalue weighted by molar-refractivity contribution is -0.139. The fraction of sp³-hybridized carbons (Fsp3) is 0.500. The van der Waals surface area contributed by atoms with Crippen molar-refractivity contribution >= 4 is 23.5 Å². The number of rotatable bonds is 2. The van der Waals surface area contributed by atoms with Crippen LogP contribution in [-0.2, 0) is 15.9 Å². The van der Waals surface area contributed by atoms with Crippen LogP contribution in [0.4, 0.5) is 13.2 Å². The summed E-state index contributed by atoms with van der Waals surface area (Å²) in [4.78, 5) is 0. The molecule has 1 aromatic carbocycles. The van der Waals surface area contributed by atoms with Crippen LogP contribution in [0.3, 0.4) is 0 Å². The molecule has 0 bridgehead atoms. The minimum atomic E-state index is -4.24. The van der Waals surface area contributed by atoms with Crippen molar-refractivity contribution in [3.63, 3.8) is 0 Å². The van der Waals surface area contributed by atoms with Gasteiger partial charge in [-0.2, -0.15) is 13.2 Å². The fourth-order valence-electron chi connectivity index (χ4n) is 2.68. The van der Waals surface area contributed by atoms with Gasteiger partial charge in [0.25, 0.3) is 0 Å². The molecule has 0 atom stereocenters. The van der Waals surface area contributed by atoms with Gasteiger partial charge in [0, 0.05) is 11.7 Å². The van der Waals surface area contributed by atoms with Crippen molar-refractivity contribution in [2.75, 3.05) is 0 Å². The van der Waals surface area contributed by atoms with Crippen molar-refractivity contribution in [3.8, 4) is 0 Å². The van der Waals surface area contributed by atoms with Gasteiger partial charge in [0.1, 0.15) is 6.54 Å². The Balaban J connectivity index is 1.91. The summed E-state index contributed by atoms with van der Waals surface area (Å²) in [6.45, 7) is 6.86. The molecule has 124 valence electrons. The van der Waals surface area contributed by atoms with Crippen LogP contribution in [0.1, 0.15) is 27.7 Å². The van der Waals surface area contributed by atoms with Gasteiger partial charge in [0.15, 0.2) is 0 Å². The van der Waals surface area contributed by atoms with E-state index in [-0.39, 0.29) is 0 Å². The molecule has 0 unspecified atom stereocenters. The first-order chi connectivity index (χ1) is 10.5. The topological polar surface area (TPSA) is 23.4 Å². The van der Waals surface area contributed by atoms with Gasteiger partial charge in [-0.25, -0.2) is 0 Å². The van der Waals surface area contributed by atoms with Gasteiger partial charge in [-0.1, -0.05) is 12.1 Å². The highest BCUT2D eigenvalue weighted by molar-refractivity contribution is 6.62. The van der Waals surface area contributed by atoms with E-state index in [1.807, 2.05) is 33.8 Å². The number of aromatic nitrogens is 1. The van der Waals surface area contributed by atoms with Crippen molar-refractivity contribution in [2.24, 2.45) is 0 Å². The Bertz CT molecular complexity index is 720. The first kappa shape index (κ1) is 16.4. The van der Waals surface area contributed by atoms with Crippen molar-refractivity contribution in [3.05, 3.63) is 30.5 Å². The molecule has 7 heteroatoms. The molecule has 2 heterocycles. The number of halogens is 3. The van der Waals surface area contributed by atoms with Crippen LogP contribution in [0, 0.1) is 0 Å². The molecule has 1 aromatic heterocycles. The Hall–Kier alpha value is -1.47. The van der Waals surface area contributed by atoms with E-state index in [2.05, 4.69) is 0 Å². The standard InChI is InChI=1S/C16H19BF3NO2/c1-14(2)15(3,4)23-17(22-14)12-5-6-13-11(9-12)7-8-21(13)10-16(18,19)20/h5-9H,10H2,1-4H3. The minimum absolute atomic E-state index is 0.450. The van der Waals surface area contributed by atoms with Crippen LogP contribution in [0.5, 0.6) is 0 Å². The predicted molar refractivity (Wildman–Crippen MR) is 83.7 cm³/mol. The van der Waals surface area contributed by atoms with Gasteiger partial charge in [0.05, 0.1) is 11.2 Å². The summed E-state index contributed by atoms with van der Waals surface area (Å²) in [6.07, 6.45) is -2.79. The Morgan fingerprint density at radius 2 is 1.65 bits per heavy atom. The Labute approximate surface area is 133 Å². The molecule has 2 aromatic rings. The summed E-state index contributed by atoms with van der Waals surface area (Å²) >= 11 is 0. The quantitative estimate of drug-likeness (QED) is 0.789. The smallest absolute Gasteiger partial charge is 0.399 e. The molecule has 0 N–H and O–H groups in total. The van der Waals surface area contributed by atoms with Crippen LogP contribution in [0.2, 0.25) is 0 Å². The molecule has 0 aliphatic carbocycles. The first-order valence-corrected chi connectivity index (χ1v) is 7.50. The molecular formula is C16H19BF3NO2. The van der Waals surface area contributed by atoms with Gasteiger partial charge < -0.3 is 13.9 Å². The van der Waals surface area contributed by atoms with Gasteiger partial charge in [-0.3, -0.25) is 0 Å². The zero-order chi connectivity index (χ0) is 17.0. The number of hydrogen-bond donors (Lipinski definition) is 0. The zero-order valence-electron chi connectivity index (χ0n) is 13.6. The zero-order valence-corrected chi connectivity index (χ0v) is 13.6. The van der Waals surface area contributed by atoms with Gasteiger partial charge in [-0.15, -0.1) is 0 Å². The van der Waals surface area contributed by atoms with Crippen LogP contribution >= 0.6 is 0 Å². The van der Waals surface area contributed by atoms with Crippen LogP contribution in [-0.4, -0.2) is 29.1 Å². The predicted octanol–water partition coefficient (Wildman–Crippen LogP) is 3.50. The summed E-state index contributed by atoms with van der Waals surface area (Å²) < 4.78 is 50.9. The second-order valence-corrected chi connectivity index (χ2v) is 6.97. The number of nitrogens with zero attached hydrogens (tertiary/aromatic N) is 1. The van der Waals surface area contributed by atoms with E-state index in [1.165, 1.54) is 10.8 Å². The van der Waals surface area contributed by atoms with E-state index in [0.29, 0.717) is 5.52 Å². The maximum Gasteiger partial charge on any atom is 0.494 e. The molecule has 1 fully saturated rings. The number of alkyl halides is 3. The second kappa shape index (κ2) is 5.01. The van der Waals surface area contributed by atoms with Crippen molar-refractivity contribution in [1.29, 1.82) is 0 Å². The Kier molecular flexibility index (Phi) is 3.57. The van der Waals surface area contributed by atoms with Gasteiger partial charge in [-0.05, 0) is 50.7 Å². The van der Waals surface area contributed by atoms with Crippen molar-refractivity contribution in [1.82, 2.24) is 4.57 Å². The van der Waals surface area contributed by atoms with E-state index in [4.69, 9.17) is 9.31 Å².